The van der Waals surface area contributed by atoms with Crippen molar-refractivity contribution in [3.63, 3.8) is 0 Å². The zero-order valence-corrected chi connectivity index (χ0v) is 17.8. The van der Waals surface area contributed by atoms with E-state index < -0.39 is 18.4 Å². The first-order valence-electron chi connectivity index (χ1n) is 10.4. The second kappa shape index (κ2) is 9.45. The molecule has 0 spiro atoms. The van der Waals surface area contributed by atoms with Crippen LogP contribution < -0.4 is 16.1 Å². The van der Waals surface area contributed by atoms with Gasteiger partial charge in [-0.2, -0.15) is 0 Å². The molecular formula is C23H27BN2O5. The predicted octanol–water partition coefficient (Wildman–Crippen LogP) is 1.72. The molecule has 0 heterocycles. The van der Waals surface area contributed by atoms with Crippen molar-refractivity contribution in [3.05, 3.63) is 58.7 Å². The number of benzene rings is 2. The number of amides is 2. The van der Waals surface area contributed by atoms with Gasteiger partial charge in [-0.25, -0.2) is 0 Å². The molecular weight excluding hydrogens is 395 g/mol. The lowest BCUT2D eigenvalue weighted by atomic mass is 9.76. The number of hydrogen-bond donors (Lipinski definition) is 4. The monoisotopic (exact) mass is 422 g/mol. The number of carbonyl (C=O) groups is 3. The molecule has 0 atom stereocenters. The zero-order chi connectivity index (χ0) is 22.6. The lowest BCUT2D eigenvalue weighted by Gasteiger charge is -2.28. The summed E-state index contributed by atoms with van der Waals surface area (Å²) in [6.45, 7) is 4.19. The number of aldehydes is 1. The molecule has 2 aromatic rings. The Bertz CT molecular complexity index is 999. The van der Waals surface area contributed by atoms with Crippen LogP contribution in [0.5, 0.6) is 0 Å². The molecule has 1 saturated carbocycles. The Morgan fingerprint density at radius 1 is 1.06 bits per heavy atom. The van der Waals surface area contributed by atoms with Crippen molar-refractivity contribution in [1.82, 2.24) is 5.32 Å². The summed E-state index contributed by atoms with van der Waals surface area (Å²) in [6, 6.07) is 9.85. The van der Waals surface area contributed by atoms with E-state index in [2.05, 4.69) is 10.6 Å². The summed E-state index contributed by atoms with van der Waals surface area (Å²) < 4.78 is 0. The molecule has 0 bridgehead atoms. The van der Waals surface area contributed by atoms with Gasteiger partial charge >= 0.3 is 7.12 Å². The molecule has 0 radical (unpaired) electrons. The van der Waals surface area contributed by atoms with Crippen LogP contribution >= 0.6 is 0 Å². The van der Waals surface area contributed by atoms with Crippen LogP contribution in [0.2, 0.25) is 0 Å². The third-order valence-electron chi connectivity index (χ3n) is 6.15. The second-order valence-electron chi connectivity index (χ2n) is 8.26. The molecule has 4 N–H and O–H groups in total. The highest BCUT2D eigenvalue weighted by Gasteiger charge is 2.41. The maximum Gasteiger partial charge on any atom is 0.489 e. The third kappa shape index (κ3) is 5.03. The summed E-state index contributed by atoms with van der Waals surface area (Å²) in [5.41, 5.74) is 2.57. The van der Waals surface area contributed by atoms with Crippen LogP contribution in [0, 0.1) is 19.3 Å². The van der Waals surface area contributed by atoms with Crippen LogP contribution in [-0.4, -0.2) is 41.8 Å². The lowest BCUT2D eigenvalue weighted by molar-refractivity contribution is -0.125. The molecule has 162 valence electrons. The summed E-state index contributed by atoms with van der Waals surface area (Å²) in [6.07, 6.45) is 3.66. The minimum absolute atomic E-state index is 0.0331. The summed E-state index contributed by atoms with van der Waals surface area (Å²) in [5, 5.41) is 24.5. The fourth-order valence-corrected chi connectivity index (χ4v) is 4.02. The SMILES string of the molecule is Cc1ccc(NC(=O)C2(CNC(=O)c3ccc(B(O)O)c(C=O)c3)CCCC2)cc1C. The van der Waals surface area contributed by atoms with Gasteiger partial charge in [0.2, 0.25) is 5.91 Å². The molecule has 0 aromatic heterocycles. The van der Waals surface area contributed by atoms with Gasteiger partial charge in [0.25, 0.3) is 5.91 Å². The Balaban J connectivity index is 1.72. The van der Waals surface area contributed by atoms with Crippen molar-refractivity contribution in [2.24, 2.45) is 5.41 Å². The highest BCUT2D eigenvalue weighted by atomic mass is 16.4. The molecule has 0 aliphatic heterocycles. The first-order chi connectivity index (χ1) is 14.8. The van der Waals surface area contributed by atoms with Gasteiger partial charge in [0.15, 0.2) is 0 Å². The Kier molecular flexibility index (Phi) is 6.92. The van der Waals surface area contributed by atoms with E-state index in [1.807, 2.05) is 32.0 Å². The molecule has 0 unspecified atom stereocenters. The topological polar surface area (TPSA) is 116 Å². The van der Waals surface area contributed by atoms with Crippen molar-refractivity contribution in [3.8, 4) is 0 Å². The van der Waals surface area contributed by atoms with E-state index in [1.165, 1.54) is 18.2 Å². The number of rotatable bonds is 7. The predicted molar refractivity (Wildman–Crippen MR) is 119 cm³/mol. The Labute approximate surface area is 182 Å². The number of nitrogens with one attached hydrogen (secondary N) is 2. The largest absolute Gasteiger partial charge is 0.489 e. The maximum atomic E-state index is 13.1. The fraction of sp³-hybridized carbons (Fsp3) is 0.348. The number of aryl methyl sites for hydroxylation is 2. The summed E-state index contributed by atoms with van der Waals surface area (Å²) in [7, 11) is -1.80. The molecule has 8 heteroatoms. The van der Waals surface area contributed by atoms with E-state index in [0.717, 1.165) is 29.7 Å². The van der Waals surface area contributed by atoms with E-state index in [1.54, 1.807) is 0 Å². The van der Waals surface area contributed by atoms with Crippen molar-refractivity contribution in [2.45, 2.75) is 39.5 Å². The molecule has 31 heavy (non-hydrogen) atoms. The zero-order valence-electron chi connectivity index (χ0n) is 17.8. The van der Waals surface area contributed by atoms with E-state index >= 15 is 0 Å². The Morgan fingerprint density at radius 3 is 2.39 bits per heavy atom. The van der Waals surface area contributed by atoms with Gasteiger partial charge < -0.3 is 20.7 Å². The van der Waals surface area contributed by atoms with Gasteiger partial charge in [0.05, 0.1) is 5.41 Å². The van der Waals surface area contributed by atoms with Crippen molar-refractivity contribution >= 4 is 36.4 Å². The average molecular weight is 422 g/mol. The van der Waals surface area contributed by atoms with Crippen LogP contribution in [0.4, 0.5) is 5.69 Å². The number of hydrogen-bond acceptors (Lipinski definition) is 5. The molecule has 1 fully saturated rings. The van der Waals surface area contributed by atoms with Gasteiger partial charge in [-0.05, 0) is 67.5 Å². The lowest BCUT2D eigenvalue weighted by Crippen LogP contribution is -2.44. The molecule has 2 amide bonds. The molecule has 1 aliphatic rings. The molecule has 3 rings (SSSR count). The first kappa shape index (κ1) is 22.7. The minimum Gasteiger partial charge on any atom is -0.423 e. The van der Waals surface area contributed by atoms with E-state index in [-0.39, 0.29) is 29.0 Å². The fourth-order valence-electron chi connectivity index (χ4n) is 4.02. The minimum atomic E-state index is -1.80. The van der Waals surface area contributed by atoms with E-state index in [9.17, 15) is 24.4 Å². The molecule has 1 aliphatic carbocycles. The molecule has 2 aromatic carbocycles. The smallest absolute Gasteiger partial charge is 0.423 e. The highest BCUT2D eigenvalue weighted by molar-refractivity contribution is 6.60. The summed E-state index contributed by atoms with van der Waals surface area (Å²) >= 11 is 0. The van der Waals surface area contributed by atoms with Crippen LogP contribution in [0.3, 0.4) is 0 Å². The van der Waals surface area contributed by atoms with E-state index in [4.69, 9.17) is 0 Å². The number of anilines is 1. The Hall–Kier alpha value is -2.97. The summed E-state index contributed by atoms with van der Waals surface area (Å²) in [4.78, 5) is 37.0. The Morgan fingerprint density at radius 2 is 1.77 bits per heavy atom. The highest BCUT2D eigenvalue weighted by Crippen LogP contribution is 2.38. The van der Waals surface area contributed by atoms with Crippen LogP contribution in [-0.2, 0) is 4.79 Å². The van der Waals surface area contributed by atoms with Crippen molar-refractivity contribution in [2.75, 3.05) is 11.9 Å². The third-order valence-corrected chi connectivity index (χ3v) is 6.15. The first-order valence-corrected chi connectivity index (χ1v) is 10.4. The van der Waals surface area contributed by atoms with Crippen molar-refractivity contribution in [1.29, 1.82) is 0 Å². The van der Waals surface area contributed by atoms with Gasteiger partial charge in [-0.3, -0.25) is 14.4 Å². The van der Waals surface area contributed by atoms with Crippen LogP contribution in [0.25, 0.3) is 0 Å². The van der Waals surface area contributed by atoms with Crippen LogP contribution in [0.15, 0.2) is 36.4 Å². The van der Waals surface area contributed by atoms with Gasteiger partial charge in [-0.15, -0.1) is 0 Å². The van der Waals surface area contributed by atoms with Crippen molar-refractivity contribution < 1.29 is 24.4 Å². The quantitative estimate of drug-likeness (QED) is 0.401. The second-order valence-corrected chi connectivity index (χ2v) is 8.26. The van der Waals surface area contributed by atoms with E-state index in [0.29, 0.717) is 19.1 Å². The van der Waals surface area contributed by atoms with Gasteiger partial charge in [0, 0.05) is 23.4 Å². The maximum absolute atomic E-state index is 13.1. The number of carbonyl (C=O) groups excluding carboxylic acids is 3. The van der Waals surface area contributed by atoms with Crippen LogP contribution in [0.1, 0.15) is 57.5 Å². The summed E-state index contributed by atoms with van der Waals surface area (Å²) in [5.74, 6) is -0.534. The van der Waals surface area contributed by atoms with Gasteiger partial charge in [-0.1, -0.05) is 25.0 Å². The normalized spacial score (nSPS) is 14.7. The average Bonchev–Trinajstić information content (AvgIpc) is 3.24. The van der Waals surface area contributed by atoms with Gasteiger partial charge in [0.1, 0.15) is 6.29 Å². The molecule has 7 nitrogen and oxygen atoms in total. The standard InChI is InChI=1S/C23H27BN2O5/c1-15-5-7-19(11-16(15)2)26-22(29)23(9-3-4-10-23)14-25-21(28)17-6-8-20(24(30)31)18(12-17)13-27/h5-8,11-13,30-31H,3-4,9-10,14H2,1-2H3,(H,25,28)(H,26,29). The molecule has 0 saturated heterocycles.